The van der Waals surface area contributed by atoms with Crippen molar-refractivity contribution in [3.05, 3.63) is 81.3 Å². The predicted molar refractivity (Wildman–Crippen MR) is 130 cm³/mol. The van der Waals surface area contributed by atoms with E-state index in [9.17, 15) is 18.4 Å². The van der Waals surface area contributed by atoms with Gasteiger partial charge in [-0.3, -0.25) is 9.59 Å². The first kappa shape index (κ1) is 24.8. The Morgan fingerprint density at radius 1 is 1.14 bits per heavy atom. The Bertz CT molecular complexity index is 1190. The fourth-order valence-corrected chi connectivity index (χ4v) is 4.94. The van der Waals surface area contributed by atoms with E-state index in [-0.39, 0.29) is 35.7 Å². The van der Waals surface area contributed by atoms with E-state index in [1.165, 1.54) is 17.4 Å². The van der Waals surface area contributed by atoms with Gasteiger partial charge in [-0.2, -0.15) is 0 Å². The van der Waals surface area contributed by atoms with Crippen LogP contribution in [-0.4, -0.2) is 40.9 Å². The average molecular weight is 500 g/mol. The van der Waals surface area contributed by atoms with Gasteiger partial charge in [-0.05, 0) is 57.0 Å². The normalized spacial score (nSPS) is 14.3. The largest absolute Gasteiger partial charge is 0.491 e. The van der Waals surface area contributed by atoms with Crippen LogP contribution in [0, 0.1) is 11.6 Å². The van der Waals surface area contributed by atoms with Crippen LogP contribution < -0.4 is 10.1 Å². The summed E-state index contributed by atoms with van der Waals surface area (Å²) in [6.45, 7) is 5.08. The third kappa shape index (κ3) is 6.22. The van der Waals surface area contributed by atoms with Crippen LogP contribution in [0.1, 0.15) is 64.0 Å². The van der Waals surface area contributed by atoms with Gasteiger partial charge in [0.2, 0.25) is 0 Å². The van der Waals surface area contributed by atoms with Gasteiger partial charge in [0.15, 0.2) is 0 Å². The lowest BCUT2D eigenvalue weighted by molar-refractivity contribution is 0.0713. The van der Waals surface area contributed by atoms with Crippen LogP contribution >= 0.6 is 11.3 Å². The Balaban J connectivity index is 1.29. The van der Waals surface area contributed by atoms with Crippen molar-refractivity contribution in [1.29, 1.82) is 0 Å². The van der Waals surface area contributed by atoms with Crippen molar-refractivity contribution in [1.82, 2.24) is 15.2 Å². The smallest absolute Gasteiger partial charge is 0.271 e. The molecule has 0 atom stereocenters. The molecule has 0 radical (unpaired) electrons. The van der Waals surface area contributed by atoms with Gasteiger partial charge >= 0.3 is 0 Å². The number of aromatic nitrogens is 1. The lowest BCUT2D eigenvalue weighted by Gasteiger charge is -2.31. The number of benzene rings is 2. The van der Waals surface area contributed by atoms with E-state index in [0.717, 1.165) is 35.7 Å². The van der Waals surface area contributed by atoms with Gasteiger partial charge in [0.1, 0.15) is 23.1 Å². The van der Waals surface area contributed by atoms with Crippen LogP contribution in [0.5, 0.6) is 5.75 Å². The van der Waals surface area contributed by atoms with Gasteiger partial charge in [0.05, 0.1) is 11.1 Å². The SMILES string of the molecule is CC(C)Oc1ccc(C(=O)N2CCC(c3nc(C(=O)NCc4ccc(F)cc4F)cs3)CC2)cc1. The maximum Gasteiger partial charge on any atom is 0.271 e. The average Bonchev–Trinajstić information content (AvgIpc) is 3.34. The number of hydrogen-bond acceptors (Lipinski definition) is 5. The lowest BCUT2D eigenvalue weighted by Crippen LogP contribution is -2.37. The third-order valence-electron chi connectivity index (χ3n) is 5.81. The minimum atomic E-state index is -0.703. The molecule has 2 amide bonds. The topological polar surface area (TPSA) is 71.5 Å². The molecule has 0 spiro atoms. The second kappa shape index (κ2) is 10.9. The number of nitrogens with one attached hydrogen (secondary N) is 1. The Kier molecular flexibility index (Phi) is 7.75. The zero-order valence-corrected chi connectivity index (χ0v) is 20.4. The van der Waals surface area contributed by atoms with Crippen LogP contribution in [0.2, 0.25) is 0 Å². The van der Waals surface area contributed by atoms with E-state index in [1.807, 2.05) is 30.9 Å². The van der Waals surface area contributed by atoms with Gasteiger partial charge in [0.25, 0.3) is 11.8 Å². The van der Waals surface area contributed by atoms with Crippen molar-refractivity contribution in [3.8, 4) is 5.75 Å². The molecule has 1 aliphatic rings. The fraction of sp³-hybridized carbons (Fsp3) is 0.346. The highest BCUT2D eigenvalue weighted by Gasteiger charge is 2.27. The van der Waals surface area contributed by atoms with Crippen molar-refractivity contribution in [3.63, 3.8) is 0 Å². The first-order valence-corrected chi connectivity index (χ1v) is 12.4. The number of hydrogen-bond donors (Lipinski definition) is 1. The van der Waals surface area contributed by atoms with E-state index in [1.54, 1.807) is 17.5 Å². The van der Waals surface area contributed by atoms with Crippen LogP contribution in [0.15, 0.2) is 47.8 Å². The van der Waals surface area contributed by atoms with Crippen molar-refractivity contribution in [2.45, 2.75) is 45.3 Å². The van der Waals surface area contributed by atoms with Crippen LogP contribution in [0.3, 0.4) is 0 Å². The van der Waals surface area contributed by atoms with Crippen LogP contribution in [0.4, 0.5) is 8.78 Å². The summed E-state index contributed by atoms with van der Waals surface area (Å²) in [7, 11) is 0. The summed E-state index contributed by atoms with van der Waals surface area (Å²) < 4.78 is 32.4. The summed E-state index contributed by atoms with van der Waals surface area (Å²) in [4.78, 5) is 31.6. The summed E-state index contributed by atoms with van der Waals surface area (Å²) in [5.74, 6) is -0.877. The van der Waals surface area contributed by atoms with E-state index in [2.05, 4.69) is 10.3 Å². The maximum atomic E-state index is 13.8. The standard InChI is InChI=1S/C26H27F2N3O3S/c1-16(2)34-21-7-4-18(5-8-21)26(33)31-11-9-17(10-12-31)25-30-23(15-35-25)24(32)29-14-19-3-6-20(27)13-22(19)28/h3-8,13,15-17H,9-12,14H2,1-2H3,(H,29,32). The molecule has 0 saturated carbocycles. The summed E-state index contributed by atoms with van der Waals surface area (Å²) >= 11 is 1.41. The minimum Gasteiger partial charge on any atom is -0.491 e. The van der Waals surface area contributed by atoms with Gasteiger partial charge < -0.3 is 15.0 Å². The number of ether oxygens (including phenoxy) is 1. The second-order valence-electron chi connectivity index (χ2n) is 8.75. The number of amides is 2. The number of carbonyl (C=O) groups excluding carboxylic acids is 2. The zero-order valence-electron chi connectivity index (χ0n) is 19.6. The summed E-state index contributed by atoms with van der Waals surface area (Å²) in [6.07, 6.45) is 1.59. The molecule has 1 N–H and O–H groups in total. The highest BCUT2D eigenvalue weighted by molar-refractivity contribution is 7.09. The Morgan fingerprint density at radius 2 is 1.86 bits per heavy atom. The fourth-order valence-electron chi connectivity index (χ4n) is 3.97. The molecule has 184 valence electrons. The maximum absolute atomic E-state index is 13.8. The number of piperidine rings is 1. The van der Waals surface area contributed by atoms with Crippen molar-refractivity contribution >= 4 is 23.2 Å². The molecule has 2 heterocycles. The van der Waals surface area contributed by atoms with E-state index in [0.29, 0.717) is 18.7 Å². The molecule has 3 aromatic rings. The number of carbonyl (C=O) groups is 2. The van der Waals surface area contributed by atoms with E-state index < -0.39 is 17.5 Å². The molecule has 0 aliphatic carbocycles. The van der Waals surface area contributed by atoms with Crippen molar-refractivity contribution in [2.24, 2.45) is 0 Å². The molecule has 2 aromatic carbocycles. The third-order valence-corrected chi connectivity index (χ3v) is 6.82. The molecule has 0 bridgehead atoms. The predicted octanol–water partition coefficient (Wildman–Crippen LogP) is 5.16. The van der Waals surface area contributed by atoms with Crippen molar-refractivity contribution < 1.29 is 23.1 Å². The number of nitrogens with zero attached hydrogens (tertiary/aromatic N) is 2. The van der Waals surface area contributed by atoms with Gasteiger partial charge in [-0.25, -0.2) is 13.8 Å². The molecule has 1 aliphatic heterocycles. The van der Waals surface area contributed by atoms with Crippen molar-refractivity contribution in [2.75, 3.05) is 13.1 Å². The molecular formula is C26H27F2N3O3S. The molecule has 4 rings (SSSR count). The van der Waals surface area contributed by atoms with Gasteiger partial charge in [-0.15, -0.1) is 11.3 Å². The number of rotatable bonds is 7. The highest BCUT2D eigenvalue weighted by Crippen LogP contribution is 2.31. The monoisotopic (exact) mass is 499 g/mol. The van der Waals surface area contributed by atoms with Gasteiger partial charge in [0, 0.05) is 48.1 Å². The highest BCUT2D eigenvalue weighted by atomic mass is 32.1. The molecule has 1 fully saturated rings. The second-order valence-corrected chi connectivity index (χ2v) is 9.64. The number of likely N-dealkylation sites (tertiary alicyclic amines) is 1. The van der Waals surface area contributed by atoms with Crippen LogP contribution in [0.25, 0.3) is 0 Å². The molecule has 1 aromatic heterocycles. The molecule has 0 unspecified atom stereocenters. The summed E-state index contributed by atoms with van der Waals surface area (Å²) in [6, 6.07) is 10.4. The molecule has 1 saturated heterocycles. The summed E-state index contributed by atoms with van der Waals surface area (Å²) in [5.41, 5.74) is 1.11. The first-order valence-electron chi connectivity index (χ1n) is 11.5. The van der Waals surface area contributed by atoms with Crippen LogP contribution in [-0.2, 0) is 6.54 Å². The lowest BCUT2D eigenvalue weighted by atomic mass is 9.97. The first-order chi connectivity index (χ1) is 16.8. The van der Waals surface area contributed by atoms with E-state index in [4.69, 9.17) is 4.74 Å². The van der Waals surface area contributed by atoms with E-state index >= 15 is 0 Å². The molecule has 35 heavy (non-hydrogen) atoms. The number of thiazole rings is 1. The Morgan fingerprint density at radius 3 is 2.51 bits per heavy atom. The number of halogens is 2. The molecule has 9 heteroatoms. The van der Waals surface area contributed by atoms with Gasteiger partial charge in [-0.1, -0.05) is 6.07 Å². The Hall–Kier alpha value is -3.33. The summed E-state index contributed by atoms with van der Waals surface area (Å²) in [5, 5.41) is 5.16. The zero-order chi connectivity index (χ0) is 24.9. The molecular weight excluding hydrogens is 472 g/mol. The quantitative estimate of drug-likeness (QED) is 0.488. The Labute approximate surface area is 206 Å². The molecule has 6 nitrogen and oxygen atoms in total. The minimum absolute atomic E-state index is 0.00761.